The Morgan fingerprint density at radius 1 is 1.44 bits per heavy atom. The van der Waals surface area contributed by atoms with Crippen LogP contribution in [0.4, 0.5) is 18.9 Å². The van der Waals surface area contributed by atoms with Gasteiger partial charge in [-0.2, -0.15) is 8.78 Å². The third-order valence-electron chi connectivity index (χ3n) is 2.46. The summed E-state index contributed by atoms with van der Waals surface area (Å²) in [7, 11) is 0. The van der Waals surface area contributed by atoms with E-state index in [1.165, 1.54) is 0 Å². The number of carbonyl (C=O) groups is 1. The van der Waals surface area contributed by atoms with Crippen LogP contribution >= 0.6 is 0 Å². The Morgan fingerprint density at radius 2 is 2.06 bits per heavy atom. The molecule has 0 spiro atoms. The Kier molecular flexibility index (Phi) is 2.20. The molecule has 1 atom stereocenters. The van der Waals surface area contributed by atoms with E-state index in [-0.39, 0.29) is 5.69 Å². The van der Waals surface area contributed by atoms with Gasteiger partial charge < -0.3 is 10.4 Å². The van der Waals surface area contributed by atoms with Crippen LogP contribution in [0.15, 0.2) is 12.1 Å². The fourth-order valence-electron chi connectivity index (χ4n) is 1.76. The van der Waals surface area contributed by atoms with Gasteiger partial charge in [0.15, 0.2) is 0 Å². The van der Waals surface area contributed by atoms with Crippen molar-refractivity contribution in [2.75, 3.05) is 5.32 Å². The largest absolute Gasteiger partial charge is 0.389 e. The molecule has 3 nitrogen and oxygen atoms in total. The van der Waals surface area contributed by atoms with Crippen LogP contribution < -0.4 is 5.32 Å². The number of alkyl halides is 2. The fraction of sp³-hybridized carbons (Fsp3) is 0.300. The van der Waals surface area contributed by atoms with Gasteiger partial charge in [-0.25, -0.2) is 4.39 Å². The lowest BCUT2D eigenvalue weighted by molar-refractivity contribution is -0.139. The van der Waals surface area contributed by atoms with E-state index in [1.54, 1.807) is 0 Å². The molecule has 0 fully saturated rings. The Labute approximate surface area is 88.9 Å². The van der Waals surface area contributed by atoms with Gasteiger partial charge in [-0.05, 0) is 19.1 Å². The number of amides is 1. The van der Waals surface area contributed by atoms with Gasteiger partial charge in [0.25, 0.3) is 5.91 Å². The smallest absolute Gasteiger partial charge is 0.352 e. The molecule has 1 aromatic rings. The molecule has 1 unspecified atom stereocenters. The molecule has 2 rings (SSSR count). The van der Waals surface area contributed by atoms with Crippen molar-refractivity contribution in [3.05, 3.63) is 29.1 Å². The molecule has 1 heterocycles. The first-order chi connectivity index (χ1) is 7.35. The second-order valence-electron chi connectivity index (χ2n) is 3.59. The normalized spacial score (nSPS) is 19.2. The monoisotopic (exact) mass is 231 g/mol. The maximum absolute atomic E-state index is 13.4. The first-order valence-electron chi connectivity index (χ1n) is 4.56. The number of rotatable bonds is 1. The number of nitrogens with one attached hydrogen (secondary N) is 1. The molecule has 16 heavy (non-hydrogen) atoms. The van der Waals surface area contributed by atoms with E-state index in [9.17, 15) is 23.1 Å². The number of hydrogen-bond donors (Lipinski definition) is 2. The molecular formula is C10H8F3NO2. The number of aliphatic hydroxyl groups is 1. The molecule has 2 N–H and O–H groups in total. The number of benzene rings is 1. The van der Waals surface area contributed by atoms with Crippen LogP contribution in [0.3, 0.4) is 0 Å². The molecule has 0 radical (unpaired) electrons. The maximum Gasteiger partial charge on any atom is 0.352 e. The number of fused-ring (bicyclic) bond motifs is 1. The molecule has 1 aliphatic rings. The molecule has 1 aliphatic heterocycles. The molecule has 1 amide bonds. The third-order valence-corrected chi connectivity index (χ3v) is 2.46. The van der Waals surface area contributed by atoms with Crippen molar-refractivity contribution in [1.29, 1.82) is 0 Å². The zero-order valence-corrected chi connectivity index (χ0v) is 8.22. The highest BCUT2D eigenvalue weighted by atomic mass is 19.3. The maximum atomic E-state index is 13.4. The first-order valence-corrected chi connectivity index (χ1v) is 4.56. The van der Waals surface area contributed by atoms with Crippen molar-refractivity contribution in [2.45, 2.75) is 19.0 Å². The predicted octanol–water partition coefficient (Wildman–Crippen LogP) is 1.92. The summed E-state index contributed by atoms with van der Waals surface area (Å²) in [6.45, 7) is 1.16. The Morgan fingerprint density at radius 3 is 2.62 bits per heavy atom. The van der Waals surface area contributed by atoms with Crippen LogP contribution in [0.1, 0.15) is 24.2 Å². The van der Waals surface area contributed by atoms with Gasteiger partial charge in [0, 0.05) is 5.56 Å². The van der Waals surface area contributed by atoms with E-state index in [4.69, 9.17) is 0 Å². The molecule has 1 aromatic carbocycles. The van der Waals surface area contributed by atoms with E-state index >= 15 is 0 Å². The minimum Gasteiger partial charge on any atom is -0.389 e. The van der Waals surface area contributed by atoms with Crippen LogP contribution in [0.25, 0.3) is 0 Å². The van der Waals surface area contributed by atoms with Gasteiger partial charge in [-0.15, -0.1) is 0 Å². The number of carbonyl (C=O) groups excluding carboxylic acids is 1. The van der Waals surface area contributed by atoms with Crippen LogP contribution in [-0.2, 0) is 10.7 Å². The van der Waals surface area contributed by atoms with Gasteiger partial charge in [0.1, 0.15) is 5.82 Å². The summed E-state index contributed by atoms with van der Waals surface area (Å²) < 4.78 is 40.2. The number of aliphatic hydroxyl groups excluding tert-OH is 1. The molecule has 0 aliphatic carbocycles. The van der Waals surface area contributed by atoms with Crippen molar-refractivity contribution in [1.82, 2.24) is 0 Å². The van der Waals surface area contributed by atoms with Crippen LogP contribution in [-0.4, -0.2) is 11.0 Å². The Bertz CT molecular complexity index is 471. The van der Waals surface area contributed by atoms with Crippen molar-refractivity contribution < 1.29 is 23.1 Å². The minimum absolute atomic E-state index is 0.160. The zero-order chi connectivity index (χ0) is 12.1. The lowest BCUT2D eigenvalue weighted by atomic mass is 9.98. The topological polar surface area (TPSA) is 49.3 Å². The van der Waals surface area contributed by atoms with Crippen LogP contribution in [0.2, 0.25) is 0 Å². The summed E-state index contributed by atoms with van der Waals surface area (Å²) in [6, 6.07) is 1.98. The standard InChI is InChI=1S/C10H8F3NO2/c1-4(15)7-5(11)2-3-6-8(7)10(12,13)9(16)14-6/h2-4,15H,1H3,(H,14,16). The fourth-order valence-corrected chi connectivity index (χ4v) is 1.76. The van der Waals surface area contributed by atoms with Crippen LogP contribution in [0, 0.1) is 5.82 Å². The third kappa shape index (κ3) is 1.30. The Balaban J connectivity index is 2.75. The summed E-state index contributed by atoms with van der Waals surface area (Å²) in [5.74, 6) is -6.26. The Hall–Kier alpha value is -1.56. The van der Waals surface area contributed by atoms with Gasteiger partial charge in [0.05, 0.1) is 17.4 Å². The highest BCUT2D eigenvalue weighted by molar-refractivity contribution is 6.04. The molecule has 6 heteroatoms. The summed E-state index contributed by atoms with van der Waals surface area (Å²) >= 11 is 0. The second-order valence-corrected chi connectivity index (χ2v) is 3.59. The van der Waals surface area contributed by atoms with Gasteiger partial charge in [-0.3, -0.25) is 4.79 Å². The van der Waals surface area contributed by atoms with Crippen LogP contribution in [0.5, 0.6) is 0 Å². The first kappa shape index (κ1) is 10.9. The van der Waals surface area contributed by atoms with Crippen molar-refractivity contribution >= 4 is 11.6 Å². The van der Waals surface area contributed by atoms with E-state index in [0.717, 1.165) is 19.1 Å². The average Bonchev–Trinajstić information content (AvgIpc) is 2.39. The molecule has 0 bridgehead atoms. The lowest BCUT2D eigenvalue weighted by Crippen LogP contribution is -2.25. The van der Waals surface area contributed by atoms with E-state index in [2.05, 4.69) is 0 Å². The van der Waals surface area contributed by atoms with Crippen molar-refractivity contribution in [2.24, 2.45) is 0 Å². The molecule has 0 aromatic heterocycles. The summed E-state index contributed by atoms with van der Waals surface area (Å²) in [5.41, 5.74) is -1.47. The predicted molar refractivity (Wildman–Crippen MR) is 49.6 cm³/mol. The number of hydrogen-bond acceptors (Lipinski definition) is 2. The quantitative estimate of drug-likeness (QED) is 0.775. The SMILES string of the molecule is CC(O)c1c(F)ccc2c1C(F)(F)C(=O)N2. The molecule has 0 saturated heterocycles. The summed E-state index contributed by atoms with van der Waals surface area (Å²) in [5, 5.41) is 11.2. The number of halogens is 3. The van der Waals surface area contributed by atoms with E-state index < -0.39 is 34.9 Å². The summed E-state index contributed by atoms with van der Waals surface area (Å²) in [6.07, 6.45) is -1.41. The van der Waals surface area contributed by atoms with Gasteiger partial charge in [-0.1, -0.05) is 0 Å². The molecule has 0 saturated carbocycles. The lowest BCUT2D eigenvalue weighted by Gasteiger charge is -2.15. The van der Waals surface area contributed by atoms with Crippen molar-refractivity contribution in [3.8, 4) is 0 Å². The van der Waals surface area contributed by atoms with Gasteiger partial charge in [0.2, 0.25) is 0 Å². The van der Waals surface area contributed by atoms with E-state index in [0.29, 0.717) is 0 Å². The zero-order valence-electron chi connectivity index (χ0n) is 8.22. The minimum atomic E-state index is -3.80. The molecule has 86 valence electrons. The highest BCUT2D eigenvalue weighted by Gasteiger charge is 2.51. The van der Waals surface area contributed by atoms with Crippen molar-refractivity contribution in [3.63, 3.8) is 0 Å². The second kappa shape index (κ2) is 3.21. The number of anilines is 1. The summed E-state index contributed by atoms with van der Waals surface area (Å²) in [4.78, 5) is 11.0. The average molecular weight is 231 g/mol. The highest BCUT2D eigenvalue weighted by Crippen LogP contribution is 2.44. The van der Waals surface area contributed by atoms with E-state index in [1.807, 2.05) is 5.32 Å². The molecular weight excluding hydrogens is 223 g/mol. The van der Waals surface area contributed by atoms with Gasteiger partial charge >= 0.3 is 5.92 Å².